The molecule has 1 saturated carbocycles. The monoisotopic (exact) mass is 312 g/mol. The van der Waals surface area contributed by atoms with Gasteiger partial charge in [-0.25, -0.2) is 4.79 Å². The van der Waals surface area contributed by atoms with E-state index in [0.29, 0.717) is 24.1 Å². The second-order valence-electron chi connectivity index (χ2n) is 6.02. The molecular weight excluding hydrogens is 292 g/mol. The van der Waals surface area contributed by atoms with Gasteiger partial charge in [-0.2, -0.15) is 0 Å². The van der Waals surface area contributed by atoms with Crippen LogP contribution < -0.4 is 11.1 Å². The van der Waals surface area contributed by atoms with E-state index in [1.165, 1.54) is 7.11 Å². The van der Waals surface area contributed by atoms with Gasteiger partial charge in [0.15, 0.2) is 0 Å². The number of hydrogen-bond donors (Lipinski definition) is 2. The molecule has 5 nitrogen and oxygen atoms in total. The zero-order valence-electron chi connectivity index (χ0n) is 13.1. The highest BCUT2D eigenvalue weighted by Gasteiger charge is 2.43. The number of rotatable bonds is 3. The fraction of sp³-hybridized carbons (Fsp3) is 0.333. The molecule has 23 heavy (non-hydrogen) atoms. The maximum Gasteiger partial charge on any atom is 0.331 e. The van der Waals surface area contributed by atoms with E-state index in [9.17, 15) is 9.59 Å². The standard InChI is InChI=1S/C18H20N2O3/c1-23-17(22)18(8-4-5-9-18)20-16(21)14-10-12-6-2-3-7-13(12)11-15(14)19/h2-3,6-7,10-11H,4-5,8-9,19H2,1H3,(H,20,21). The predicted octanol–water partition coefficient (Wildman–Crippen LogP) is 2.64. The van der Waals surface area contributed by atoms with Gasteiger partial charge >= 0.3 is 5.97 Å². The Bertz CT molecular complexity index is 764. The summed E-state index contributed by atoms with van der Waals surface area (Å²) < 4.78 is 4.89. The molecule has 0 aromatic heterocycles. The van der Waals surface area contributed by atoms with Gasteiger partial charge in [-0.15, -0.1) is 0 Å². The minimum Gasteiger partial charge on any atom is -0.467 e. The molecule has 1 aliphatic rings. The Balaban J connectivity index is 1.93. The molecule has 0 unspecified atom stereocenters. The zero-order chi connectivity index (χ0) is 16.4. The number of carbonyl (C=O) groups is 2. The van der Waals surface area contributed by atoms with E-state index in [4.69, 9.17) is 10.5 Å². The highest BCUT2D eigenvalue weighted by molar-refractivity contribution is 6.05. The molecule has 0 saturated heterocycles. The summed E-state index contributed by atoms with van der Waals surface area (Å²) in [6.45, 7) is 0. The summed E-state index contributed by atoms with van der Waals surface area (Å²) in [6.07, 6.45) is 2.98. The first-order valence-corrected chi connectivity index (χ1v) is 7.75. The largest absolute Gasteiger partial charge is 0.467 e. The van der Waals surface area contributed by atoms with Gasteiger partial charge in [0.25, 0.3) is 5.91 Å². The normalized spacial score (nSPS) is 16.2. The molecule has 3 rings (SSSR count). The molecule has 3 N–H and O–H groups in total. The smallest absolute Gasteiger partial charge is 0.331 e. The van der Waals surface area contributed by atoms with Crippen molar-refractivity contribution in [2.75, 3.05) is 12.8 Å². The Morgan fingerprint density at radius 2 is 1.74 bits per heavy atom. The van der Waals surface area contributed by atoms with Gasteiger partial charge in [-0.3, -0.25) is 4.79 Å². The Morgan fingerprint density at radius 3 is 2.35 bits per heavy atom. The van der Waals surface area contributed by atoms with Crippen molar-refractivity contribution in [3.63, 3.8) is 0 Å². The molecule has 0 atom stereocenters. The quantitative estimate of drug-likeness (QED) is 0.674. The van der Waals surface area contributed by atoms with Gasteiger partial charge < -0.3 is 15.8 Å². The van der Waals surface area contributed by atoms with Crippen molar-refractivity contribution in [2.24, 2.45) is 0 Å². The van der Waals surface area contributed by atoms with Crippen LogP contribution in [0, 0.1) is 0 Å². The van der Waals surface area contributed by atoms with Crippen molar-refractivity contribution >= 4 is 28.3 Å². The van der Waals surface area contributed by atoms with Gasteiger partial charge in [0.05, 0.1) is 12.7 Å². The predicted molar refractivity (Wildman–Crippen MR) is 89.0 cm³/mol. The molecule has 5 heteroatoms. The molecule has 0 spiro atoms. The summed E-state index contributed by atoms with van der Waals surface area (Å²) in [5, 5.41) is 4.78. The second-order valence-corrected chi connectivity index (χ2v) is 6.02. The number of hydrogen-bond acceptors (Lipinski definition) is 4. The molecule has 1 aliphatic carbocycles. The number of anilines is 1. The highest BCUT2D eigenvalue weighted by Crippen LogP contribution is 2.32. The van der Waals surface area contributed by atoms with E-state index in [1.54, 1.807) is 12.1 Å². The average molecular weight is 312 g/mol. The number of nitrogens with one attached hydrogen (secondary N) is 1. The van der Waals surface area contributed by atoms with Crippen LogP contribution in [0.5, 0.6) is 0 Å². The van der Waals surface area contributed by atoms with Gasteiger partial charge in [0, 0.05) is 5.69 Å². The summed E-state index contributed by atoms with van der Waals surface area (Å²) in [4.78, 5) is 24.8. The van der Waals surface area contributed by atoms with Crippen LogP contribution in [0.25, 0.3) is 10.8 Å². The maximum atomic E-state index is 12.7. The summed E-state index contributed by atoms with van der Waals surface area (Å²) in [5.74, 6) is -0.719. The van der Waals surface area contributed by atoms with Crippen molar-refractivity contribution in [1.82, 2.24) is 5.32 Å². The number of amides is 1. The summed E-state index contributed by atoms with van der Waals surface area (Å²) >= 11 is 0. The third-order valence-corrected chi connectivity index (χ3v) is 4.55. The zero-order valence-corrected chi connectivity index (χ0v) is 13.1. The number of carbonyl (C=O) groups excluding carboxylic acids is 2. The van der Waals surface area contributed by atoms with E-state index in [1.807, 2.05) is 24.3 Å². The van der Waals surface area contributed by atoms with Crippen molar-refractivity contribution in [1.29, 1.82) is 0 Å². The lowest BCUT2D eigenvalue weighted by molar-refractivity contribution is -0.148. The topological polar surface area (TPSA) is 81.4 Å². The number of methoxy groups -OCH3 is 1. The van der Waals surface area contributed by atoms with Crippen molar-refractivity contribution in [3.8, 4) is 0 Å². The number of fused-ring (bicyclic) bond motifs is 1. The third-order valence-electron chi connectivity index (χ3n) is 4.55. The van der Waals surface area contributed by atoms with Crippen molar-refractivity contribution < 1.29 is 14.3 Å². The molecule has 120 valence electrons. The van der Waals surface area contributed by atoms with Crippen LogP contribution in [-0.2, 0) is 9.53 Å². The first kappa shape index (κ1) is 15.3. The molecule has 0 aliphatic heterocycles. The SMILES string of the molecule is COC(=O)C1(NC(=O)c2cc3ccccc3cc2N)CCCC1. The van der Waals surface area contributed by atoms with Crippen LogP contribution in [0.3, 0.4) is 0 Å². The molecule has 0 bridgehead atoms. The molecule has 0 radical (unpaired) electrons. The van der Waals surface area contributed by atoms with Gasteiger partial charge in [0.2, 0.25) is 0 Å². The van der Waals surface area contributed by atoms with Crippen LogP contribution >= 0.6 is 0 Å². The van der Waals surface area contributed by atoms with Crippen LogP contribution in [0.15, 0.2) is 36.4 Å². The molecule has 1 fully saturated rings. The summed E-state index contributed by atoms with van der Waals surface area (Å²) in [7, 11) is 1.35. The van der Waals surface area contributed by atoms with Crippen LogP contribution in [-0.4, -0.2) is 24.5 Å². The van der Waals surface area contributed by atoms with Crippen molar-refractivity contribution in [2.45, 2.75) is 31.2 Å². The van der Waals surface area contributed by atoms with E-state index in [2.05, 4.69) is 5.32 Å². The lowest BCUT2D eigenvalue weighted by Gasteiger charge is -2.27. The molecule has 2 aromatic rings. The van der Waals surface area contributed by atoms with Crippen molar-refractivity contribution in [3.05, 3.63) is 42.0 Å². The maximum absolute atomic E-state index is 12.7. The number of esters is 1. The molecule has 0 heterocycles. The average Bonchev–Trinajstić information content (AvgIpc) is 3.03. The number of nitrogen functional groups attached to an aromatic ring is 1. The second kappa shape index (κ2) is 5.91. The van der Waals surface area contributed by atoms with Crippen LogP contribution in [0.4, 0.5) is 5.69 Å². The minimum atomic E-state index is -0.927. The van der Waals surface area contributed by atoms with E-state index < -0.39 is 5.54 Å². The Morgan fingerprint density at radius 1 is 1.13 bits per heavy atom. The van der Waals surface area contributed by atoms with E-state index in [0.717, 1.165) is 23.6 Å². The Hall–Kier alpha value is -2.56. The van der Waals surface area contributed by atoms with Crippen LogP contribution in [0.1, 0.15) is 36.0 Å². The first-order valence-electron chi connectivity index (χ1n) is 7.75. The number of ether oxygens (including phenoxy) is 1. The fourth-order valence-corrected chi connectivity index (χ4v) is 3.29. The molecule has 1 amide bonds. The highest BCUT2D eigenvalue weighted by atomic mass is 16.5. The molecular formula is C18H20N2O3. The minimum absolute atomic E-state index is 0.333. The fourth-order valence-electron chi connectivity index (χ4n) is 3.29. The van der Waals surface area contributed by atoms with Gasteiger partial charge in [-0.05, 0) is 35.7 Å². The Labute approximate surface area is 134 Å². The number of nitrogens with two attached hydrogens (primary N) is 1. The number of benzene rings is 2. The summed E-state index contributed by atoms with van der Waals surface area (Å²) in [5.41, 5.74) is 5.90. The first-order chi connectivity index (χ1) is 11.1. The van der Waals surface area contributed by atoms with Crippen LogP contribution in [0.2, 0.25) is 0 Å². The lowest BCUT2D eigenvalue weighted by atomic mass is 9.96. The lowest BCUT2D eigenvalue weighted by Crippen LogP contribution is -2.53. The van der Waals surface area contributed by atoms with Gasteiger partial charge in [0.1, 0.15) is 5.54 Å². The molecule has 2 aromatic carbocycles. The summed E-state index contributed by atoms with van der Waals surface area (Å²) in [6, 6.07) is 11.3. The van der Waals surface area contributed by atoms with Gasteiger partial charge in [-0.1, -0.05) is 37.1 Å². The van der Waals surface area contributed by atoms with E-state index in [-0.39, 0.29) is 11.9 Å². The third kappa shape index (κ3) is 2.74. The Kier molecular flexibility index (Phi) is 3.94. The van der Waals surface area contributed by atoms with E-state index >= 15 is 0 Å².